The van der Waals surface area contributed by atoms with Crippen LogP contribution in [0, 0.1) is 11.7 Å². The van der Waals surface area contributed by atoms with Crippen molar-refractivity contribution in [1.82, 2.24) is 20.5 Å². The van der Waals surface area contributed by atoms with Gasteiger partial charge in [0.2, 0.25) is 11.8 Å². The summed E-state index contributed by atoms with van der Waals surface area (Å²) in [6, 6.07) is 21.6. The molecule has 0 radical (unpaired) electrons. The molecular weight excluding hydrogens is 716 g/mol. The lowest BCUT2D eigenvalue weighted by Crippen LogP contribution is -2.52. The maximum atomic E-state index is 16.3. The lowest BCUT2D eigenvalue weighted by atomic mass is 9.75. The van der Waals surface area contributed by atoms with Crippen molar-refractivity contribution in [3.63, 3.8) is 0 Å². The number of aromatic nitrogens is 1. The molecule has 3 amide bonds. The molecule has 3 saturated heterocycles. The summed E-state index contributed by atoms with van der Waals surface area (Å²) >= 11 is 0. The average Bonchev–Trinajstić information content (AvgIpc) is 3.22. The Bertz CT molecular complexity index is 2070. The summed E-state index contributed by atoms with van der Waals surface area (Å²) in [5.74, 6) is 0.0139. The number of anilines is 2. The highest BCUT2D eigenvalue weighted by Gasteiger charge is 2.37. The van der Waals surface area contributed by atoms with Crippen molar-refractivity contribution in [2.75, 3.05) is 69.3 Å². The minimum Gasteiger partial charge on any atom is -0.508 e. The van der Waals surface area contributed by atoms with Crippen molar-refractivity contribution in [2.45, 2.75) is 43.6 Å². The lowest BCUT2D eigenvalue weighted by Gasteiger charge is -2.40. The molecule has 5 heterocycles. The molecule has 4 aromatic rings. The van der Waals surface area contributed by atoms with Crippen molar-refractivity contribution in [3.8, 4) is 17.2 Å². The van der Waals surface area contributed by atoms with Gasteiger partial charge in [0.05, 0.1) is 31.3 Å². The quantitative estimate of drug-likeness (QED) is 0.204. The normalized spacial score (nSPS) is 21.9. The number of piperazine rings is 1. The molecule has 4 aliphatic rings. The Morgan fingerprint density at radius 1 is 0.946 bits per heavy atom. The van der Waals surface area contributed by atoms with Gasteiger partial charge in [0, 0.05) is 87.3 Å². The summed E-state index contributed by atoms with van der Waals surface area (Å²) < 4.78 is 28.4. The standard InChI is InChI=1S/C43H47FN6O6/c1-55-38-23-37(34(44)22-32(38)41-31-9-8-30(51)21-39(31)56-26-33(41)28-5-3-2-4-6-28)50-15-13-27(14-16-50)25-48-17-19-49(20-18-48)29-7-10-35(45-24-29)42(53)46-36-11-12-40(52)47-43(36)54/h2-10,21-24,27,33,36,41,51H,11-20,25-26H2,1H3,(H,46,53)(H,47,52,54)/t33-,36?,41+/m0/s1. The molecule has 56 heavy (non-hydrogen) atoms. The van der Waals surface area contributed by atoms with Crippen LogP contribution in [-0.2, 0) is 9.59 Å². The number of methoxy groups -OCH3 is 1. The second kappa shape index (κ2) is 16.2. The van der Waals surface area contributed by atoms with Crippen LogP contribution in [0.5, 0.6) is 17.2 Å². The van der Waals surface area contributed by atoms with E-state index in [4.69, 9.17) is 9.47 Å². The lowest BCUT2D eigenvalue weighted by molar-refractivity contribution is -0.134. The number of pyridine rings is 1. The zero-order valence-electron chi connectivity index (χ0n) is 31.5. The van der Waals surface area contributed by atoms with E-state index in [1.807, 2.05) is 36.4 Å². The number of imide groups is 1. The molecule has 1 unspecified atom stereocenters. The van der Waals surface area contributed by atoms with Crippen molar-refractivity contribution in [1.29, 1.82) is 0 Å². The fourth-order valence-corrected chi connectivity index (χ4v) is 8.67. The summed E-state index contributed by atoms with van der Waals surface area (Å²) in [7, 11) is 1.64. The number of rotatable bonds is 9. The second-order valence-corrected chi connectivity index (χ2v) is 15.2. The summed E-state index contributed by atoms with van der Waals surface area (Å²) in [5.41, 5.74) is 4.45. The third kappa shape index (κ3) is 7.86. The summed E-state index contributed by atoms with van der Waals surface area (Å²) in [6.45, 7) is 6.38. The summed E-state index contributed by atoms with van der Waals surface area (Å²) in [6.07, 6.45) is 4.08. The van der Waals surface area contributed by atoms with Gasteiger partial charge in [-0.2, -0.15) is 0 Å². The van der Waals surface area contributed by atoms with Gasteiger partial charge in [-0.3, -0.25) is 24.6 Å². The number of amides is 3. The average molecular weight is 763 g/mol. The molecule has 0 bridgehead atoms. The predicted octanol–water partition coefficient (Wildman–Crippen LogP) is 4.82. The fraction of sp³-hybridized carbons (Fsp3) is 0.395. The Labute approximate surface area is 325 Å². The van der Waals surface area contributed by atoms with E-state index in [1.54, 1.807) is 37.6 Å². The van der Waals surface area contributed by atoms with Gasteiger partial charge < -0.3 is 29.7 Å². The van der Waals surface area contributed by atoms with E-state index in [1.165, 1.54) is 0 Å². The fourth-order valence-electron chi connectivity index (χ4n) is 8.67. The van der Waals surface area contributed by atoms with Crippen LogP contribution in [0.25, 0.3) is 0 Å². The molecule has 0 spiro atoms. The highest BCUT2D eigenvalue weighted by molar-refractivity contribution is 6.03. The molecular formula is C43H47FN6O6. The van der Waals surface area contributed by atoms with Crippen LogP contribution in [0.4, 0.5) is 15.8 Å². The van der Waals surface area contributed by atoms with E-state index >= 15 is 4.39 Å². The molecule has 3 atom stereocenters. The molecule has 3 N–H and O–H groups in total. The van der Waals surface area contributed by atoms with Gasteiger partial charge in [-0.25, -0.2) is 9.37 Å². The molecule has 4 aliphatic heterocycles. The van der Waals surface area contributed by atoms with Crippen molar-refractivity contribution in [3.05, 3.63) is 107 Å². The number of carbonyl (C=O) groups excluding carboxylic acids is 3. The number of halogens is 1. The van der Waals surface area contributed by atoms with Gasteiger partial charge in [-0.05, 0) is 55.0 Å². The number of piperidine rings is 2. The number of fused-ring (bicyclic) bond motifs is 1. The molecule has 13 heteroatoms. The summed E-state index contributed by atoms with van der Waals surface area (Å²) in [5, 5.41) is 15.1. The van der Waals surface area contributed by atoms with Crippen molar-refractivity contribution < 1.29 is 33.4 Å². The Hall–Kier alpha value is -5.69. The van der Waals surface area contributed by atoms with Gasteiger partial charge in [0.25, 0.3) is 5.91 Å². The smallest absolute Gasteiger partial charge is 0.270 e. The van der Waals surface area contributed by atoms with Crippen LogP contribution < -0.4 is 29.9 Å². The molecule has 1 aromatic heterocycles. The summed E-state index contributed by atoms with van der Waals surface area (Å²) in [4.78, 5) is 47.4. The van der Waals surface area contributed by atoms with E-state index in [0.717, 1.165) is 81.0 Å². The molecule has 3 fully saturated rings. The Morgan fingerprint density at radius 3 is 2.45 bits per heavy atom. The Morgan fingerprint density at radius 2 is 1.73 bits per heavy atom. The zero-order valence-corrected chi connectivity index (χ0v) is 31.5. The third-order valence-corrected chi connectivity index (χ3v) is 11.7. The molecule has 3 aromatic carbocycles. The van der Waals surface area contributed by atoms with Gasteiger partial charge in [-0.15, -0.1) is 0 Å². The topological polar surface area (TPSA) is 137 Å². The van der Waals surface area contributed by atoms with Gasteiger partial charge in [0.1, 0.15) is 34.8 Å². The number of aromatic hydroxyl groups is 1. The Kier molecular flexibility index (Phi) is 10.8. The van der Waals surface area contributed by atoms with Gasteiger partial charge in [-0.1, -0.05) is 36.4 Å². The highest BCUT2D eigenvalue weighted by Crippen LogP contribution is 2.50. The van der Waals surface area contributed by atoms with Crippen LogP contribution >= 0.6 is 0 Å². The van der Waals surface area contributed by atoms with E-state index in [9.17, 15) is 19.5 Å². The molecule has 292 valence electrons. The number of nitrogens with one attached hydrogen (secondary N) is 2. The van der Waals surface area contributed by atoms with Crippen LogP contribution in [-0.4, -0.2) is 98.3 Å². The number of phenolic OH excluding ortho intramolecular Hbond substituents is 1. The number of hydrogen-bond donors (Lipinski definition) is 3. The first-order valence-corrected chi connectivity index (χ1v) is 19.4. The van der Waals surface area contributed by atoms with E-state index in [-0.39, 0.29) is 47.8 Å². The number of carbonyl (C=O) groups is 3. The number of hydrogen-bond acceptors (Lipinski definition) is 10. The number of nitrogens with zero attached hydrogens (tertiary/aromatic N) is 4. The molecule has 0 aliphatic carbocycles. The molecule has 8 rings (SSSR count). The largest absolute Gasteiger partial charge is 0.508 e. The Balaban J connectivity index is 0.864. The number of benzene rings is 3. The second-order valence-electron chi connectivity index (χ2n) is 15.2. The van der Waals surface area contributed by atoms with E-state index in [0.29, 0.717) is 29.7 Å². The minimum absolute atomic E-state index is 0.0750. The van der Waals surface area contributed by atoms with Crippen LogP contribution in [0.15, 0.2) is 79.0 Å². The first-order chi connectivity index (χ1) is 27.2. The van der Waals surface area contributed by atoms with Crippen LogP contribution in [0.2, 0.25) is 0 Å². The molecule has 12 nitrogen and oxygen atoms in total. The number of phenols is 1. The SMILES string of the molecule is COc1cc(N2CCC(CN3CCN(c4ccc(C(=O)NC5CCC(=O)NC5=O)nc4)CC3)CC2)c(F)cc1[C@H]1c2ccc(O)cc2OC[C@H]1c1ccccc1. The van der Waals surface area contributed by atoms with Gasteiger partial charge >= 0.3 is 0 Å². The van der Waals surface area contributed by atoms with Crippen molar-refractivity contribution >= 4 is 29.1 Å². The van der Waals surface area contributed by atoms with E-state index in [2.05, 4.69) is 42.5 Å². The number of ether oxygens (including phenoxy) is 2. The predicted molar refractivity (Wildman–Crippen MR) is 209 cm³/mol. The maximum Gasteiger partial charge on any atom is 0.270 e. The van der Waals surface area contributed by atoms with Crippen LogP contribution in [0.1, 0.15) is 64.7 Å². The first kappa shape index (κ1) is 37.2. The maximum absolute atomic E-state index is 16.3. The van der Waals surface area contributed by atoms with Crippen LogP contribution in [0.3, 0.4) is 0 Å². The molecule has 0 saturated carbocycles. The van der Waals surface area contributed by atoms with Gasteiger partial charge in [0.15, 0.2) is 0 Å². The van der Waals surface area contributed by atoms with E-state index < -0.39 is 17.9 Å². The zero-order chi connectivity index (χ0) is 38.8. The highest BCUT2D eigenvalue weighted by atomic mass is 19.1. The monoisotopic (exact) mass is 762 g/mol. The van der Waals surface area contributed by atoms with Crippen molar-refractivity contribution in [2.24, 2.45) is 5.92 Å². The third-order valence-electron chi connectivity index (χ3n) is 11.7. The first-order valence-electron chi connectivity index (χ1n) is 19.4. The minimum atomic E-state index is -0.744.